The van der Waals surface area contributed by atoms with Crippen LogP contribution in [0, 0.1) is 6.92 Å². The number of β-amino-alcohol motifs (C(OH)–C–C–N with tert-alkyl or cyclic N) is 1. The molecular formula is C31H34N4O2S. The Kier molecular flexibility index (Phi) is 8.94. The molecule has 0 spiro atoms. The SMILES string of the molecule is Cc1nnc(C=Cc2ccccc2OCC(O)CN2CCN(C(c3ccccc3)c3ccccc3)CC2)s1. The van der Waals surface area contributed by atoms with Crippen molar-refractivity contribution < 1.29 is 9.84 Å². The van der Waals surface area contributed by atoms with Crippen molar-refractivity contribution in [1.29, 1.82) is 0 Å². The minimum absolute atomic E-state index is 0.237. The fourth-order valence-electron chi connectivity index (χ4n) is 4.92. The average Bonchev–Trinajstić information content (AvgIpc) is 3.38. The van der Waals surface area contributed by atoms with Gasteiger partial charge < -0.3 is 9.84 Å². The molecule has 1 aliphatic heterocycles. The Labute approximate surface area is 228 Å². The largest absolute Gasteiger partial charge is 0.490 e. The molecule has 3 aromatic carbocycles. The third-order valence-corrected chi connectivity index (χ3v) is 7.57. The van der Waals surface area contributed by atoms with Crippen molar-refractivity contribution in [1.82, 2.24) is 20.0 Å². The van der Waals surface area contributed by atoms with Gasteiger partial charge in [-0.1, -0.05) is 90.2 Å². The molecule has 1 saturated heterocycles. The molecule has 6 nitrogen and oxygen atoms in total. The summed E-state index contributed by atoms with van der Waals surface area (Å²) in [7, 11) is 0. The highest BCUT2D eigenvalue weighted by atomic mass is 32.1. The first-order valence-corrected chi connectivity index (χ1v) is 13.9. The Morgan fingerprint density at radius 1 is 0.842 bits per heavy atom. The number of aromatic nitrogens is 2. The van der Waals surface area contributed by atoms with Crippen molar-refractivity contribution in [3.63, 3.8) is 0 Å². The molecular weight excluding hydrogens is 492 g/mol. The van der Waals surface area contributed by atoms with Crippen LogP contribution in [0.4, 0.5) is 0 Å². The summed E-state index contributed by atoms with van der Waals surface area (Å²) >= 11 is 1.55. The van der Waals surface area contributed by atoms with Crippen molar-refractivity contribution in [2.24, 2.45) is 0 Å². The second-order valence-corrected chi connectivity index (χ2v) is 10.8. The maximum Gasteiger partial charge on any atom is 0.140 e. The topological polar surface area (TPSA) is 61.7 Å². The molecule has 7 heteroatoms. The van der Waals surface area contributed by atoms with Crippen molar-refractivity contribution in [3.05, 3.63) is 112 Å². The van der Waals surface area contributed by atoms with Crippen LogP contribution in [0.2, 0.25) is 0 Å². The highest BCUT2D eigenvalue weighted by molar-refractivity contribution is 7.12. The summed E-state index contributed by atoms with van der Waals surface area (Å²) < 4.78 is 6.04. The number of aliphatic hydroxyl groups is 1. The second-order valence-electron chi connectivity index (χ2n) is 9.56. The van der Waals surface area contributed by atoms with Crippen molar-refractivity contribution >= 4 is 23.5 Å². The zero-order chi connectivity index (χ0) is 26.2. The van der Waals surface area contributed by atoms with E-state index in [9.17, 15) is 5.11 Å². The third-order valence-electron chi connectivity index (χ3n) is 6.77. The van der Waals surface area contributed by atoms with Crippen molar-refractivity contribution in [3.8, 4) is 5.75 Å². The van der Waals surface area contributed by atoms with Crippen LogP contribution in [0.1, 0.15) is 32.7 Å². The molecule has 1 unspecified atom stereocenters. The molecule has 5 rings (SSSR count). The van der Waals surface area contributed by atoms with E-state index >= 15 is 0 Å². The predicted octanol–water partition coefficient (Wildman–Crippen LogP) is 5.16. The number of para-hydroxylation sites is 1. The minimum atomic E-state index is -0.566. The number of aliphatic hydroxyl groups excluding tert-OH is 1. The molecule has 0 bridgehead atoms. The summed E-state index contributed by atoms with van der Waals surface area (Å²) in [6.45, 7) is 6.50. The van der Waals surface area contributed by atoms with E-state index in [4.69, 9.17) is 4.74 Å². The quantitative estimate of drug-likeness (QED) is 0.308. The number of rotatable bonds is 10. The summed E-state index contributed by atoms with van der Waals surface area (Å²) in [5, 5.41) is 20.8. The van der Waals surface area contributed by atoms with Gasteiger partial charge in [-0.15, -0.1) is 10.2 Å². The van der Waals surface area contributed by atoms with E-state index in [1.807, 2.05) is 43.3 Å². The van der Waals surface area contributed by atoms with Crippen LogP contribution in [0.3, 0.4) is 0 Å². The minimum Gasteiger partial charge on any atom is -0.490 e. The molecule has 196 valence electrons. The lowest BCUT2D eigenvalue weighted by molar-refractivity contribution is 0.0400. The Bertz CT molecular complexity index is 1260. The van der Waals surface area contributed by atoms with E-state index in [0.29, 0.717) is 6.54 Å². The van der Waals surface area contributed by atoms with Gasteiger partial charge in [0.15, 0.2) is 0 Å². The summed E-state index contributed by atoms with van der Waals surface area (Å²) in [6, 6.07) is 29.6. The average molecular weight is 527 g/mol. The summed E-state index contributed by atoms with van der Waals surface area (Å²) in [5.74, 6) is 0.752. The molecule has 1 aromatic heterocycles. The van der Waals surface area contributed by atoms with Crippen LogP contribution in [-0.4, -0.2) is 70.5 Å². The summed E-state index contributed by atoms with van der Waals surface area (Å²) in [6.07, 6.45) is 3.36. The maximum absolute atomic E-state index is 10.8. The van der Waals surface area contributed by atoms with Crippen LogP contribution in [0.15, 0.2) is 84.9 Å². The predicted molar refractivity (Wildman–Crippen MR) is 154 cm³/mol. The van der Waals surface area contributed by atoms with E-state index in [1.165, 1.54) is 11.1 Å². The van der Waals surface area contributed by atoms with Crippen LogP contribution < -0.4 is 4.74 Å². The fourth-order valence-corrected chi connectivity index (χ4v) is 5.52. The van der Waals surface area contributed by atoms with Gasteiger partial charge in [0.2, 0.25) is 0 Å². The summed E-state index contributed by atoms with van der Waals surface area (Å²) in [5.41, 5.74) is 3.58. The van der Waals surface area contributed by atoms with Gasteiger partial charge in [-0.05, 0) is 36.3 Å². The first-order chi connectivity index (χ1) is 18.7. The van der Waals surface area contributed by atoms with Gasteiger partial charge in [-0.25, -0.2) is 0 Å². The lowest BCUT2D eigenvalue weighted by atomic mass is 9.96. The van der Waals surface area contributed by atoms with Crippen LogP contribution in [0.25, 0.3) is 12.2 Å². The third kappa shape index (κ3) is 6.94. The molecule has 2 heterocycles. The molecule has 0 aliphatic carbocycles. The molecule has 0 radical (unpaired) electrons. The normalized spacial score (nSPS) is 15.8. The van der Waals surface area contributed by atoms with Crippen LogP contribution in [0.5, 0.6) is 5.75 Å². The number of ether oxygens (including phenoxy) is 1. The zero-order valence-electron chi connectivity index (χ0n) is 21.7. The molecule has 1 atom stereocenters. The number of aryl methyl sites for hydroxylation is 1. The highest BCUT2D eigenvalue weighted by Crippen LogP contribution is 2.29. The zero-order valence-corrected chi connectivity index (χ0v) is 22.5. The van der Waals surface area contributed by atoms with Gasteiger partial charge in [-0.2, -0.15) is 0 Å². The monoisotopic (exact) mass is 526 g/mol. The molecule has 1 fully saturated rings. The lowest BCUT2D eigenvalue weighted by Gasteiger charge is -2.40. The van der Waals surface area contributed by atoms with E-state index in [1.54, 1.807) is 11.3 Å². The van der Waals surface area contributed by atoms with Gasteiger partial charge in [-0.3, -0.25) is 9.80 Å². The van der Waals surface area contributed by atoms with E-state index in [2.05, 4.69) is 80.7 Å². The summed E-state index contributed by atoms with van der Waals surface area (Å²) in [4.78, 5) is 4.88. The number of hydrogen-bond acceptors (Lipinski definition) is 7. The Morgan fingerprint density at radius 2 is 1.47 bits per heavy atom. The Balaban J connectivity index is 1.14. The van der Waals surface area contributed by atoms with E-state index in [-0.39, 0.29) is 12.6 Å². The molecule has 38 heavy (non-hydrogen) atoms. The smallest absolute Gasteiger partial charge is 0.140 e. The van der Waals surface area contributed by atoms with E-state index < -0.39 is 6.10 Å². The van der Waals surface area contributed by atoms with Crippen molar-refractivity contribution in [2.75, 3.05) is 39.3 Å². The first-order valence-electron chi connectivity index (χ1n) is 13.1. The number of nitrogens with zero attached hydrogens (tertiary/aromatic N) is 4. The molecule has 0 amide bonds. The van der Waals surface area contributed by atoms with Gasteiger partial charge in [0.1, 0.15) is 28.5 Å². The first kappa shape index (κ1) is 26.3. The number of hydrogen-bond donors (Lipinski definition) is 1. The van der Waals surface area contributed by atoms with Crippen molar-refractivity contribution in [2.45, 2.75) is 19.1 Å². The highest BCUT2D eigenvalue weighted by Gasteiger charge is 2.27. The van der Waals surface area contributed by atoms with E-state index in [0.717, 1.165) is 47.5 Å². The van der Waals surface area contributed by atoms with Crippen LogP contribution >= 0.6 is 11.3 Å². The van der Waals surface area contributed by atoms with Crippen LogP contribution in [-0.2, 0) is 0 Å². The molecule has 4 aromatic rings. The van der Waals surface area contributed by atoms with Gasteiger partial charge in [0.05, 0.1) is 6.04 Å². The number of piperazine rings is 1. The molecule has 1 N–H and O–H groups in total. The Morgan fingerprint density at radius 3 is 2.11 bits per heavy atom. The second kappa shape index (κ2) is 12.9. The Hall–Kier alpha value is -3.36. The fraction of sp³-hybridized carbons (Fsp3) is 0.290. The number of benzene rings is 3. The van der Waals surface area contributed by atoms with Gasteiger partial charge in [0.25, 0.3) is 0 Å². The van der Waals surface area contributed by atoms with Gasteiger partial charge >= 0.3 is 0 Å². The standard InChI is InChI=1S/C31H34N4O2S/c1-24-32-33-30(38-24)17-16-25-10-8-9-15-29(25)37-23-28(36)22-34-18-20-35(21-19-34)31(26-11-4-2-5-12-26)27-13-6-3-7-14-27/h2-17,28,31,36H,18-23H2,1H3. The lowest BCUT2D eigenvalue weighted by Crippen LogP contribution is -2.50. The molecule has 1 aliphatic rings. The molecule has 0 saturated carbocycles. The van der Waals surface area contributed by atoms with Gasteiger partial charge in [0, 0.05) is 38.3 Å². The maximum atomic E-state index is 10.8.